The lowest BCUT2D eigenvalue weighted by Gasteiger charge is -2.17. The predicted molar refractivity (Wildman–Crippen MR) is 74.5 cm³/mol. The normalized spacial score (nSPS) is 11.2. The molecule has 5 nitrogen and oxygen atoms in total. The van der Waals surface area contributed by atoms with Crippen LogP contribution in [0.3, 0.4) is 0 Å². The second-order valence-corrected chi connectivity index (χ2v) is 5.47. The van der Waals surface area contributed by atoms with Gasteiger partial charge in [0.15, 0.2) is 0 Å². The minimum atomic E-state index is -1.12. The van der Waals surface area contributed by atoms with Crippen molar-refractivity contribution in [2.24, 2.45) is 5.73 Å². The Morgan fingerprint density at radius 3 is 2.58 bits per heavy atom. The number of aromatic carboxylic acids is 1. The summed E-state index contributed by atoms with van der Waals surface area (Å²) in [5.41, 5.74) is 5.54. The Hall–Kier alpha value is -1.59. The number of benzene rings is 1. The summed E-state index contributed by atoms with van der Waals surface area (Å²) in [6.45, 7) is 3.64. The van der Waals surface area contributed by atoms with Gasteiger partial charge in [0, 0.05) is 17.0 Å². The molecule has 6 heteroatoms. The molecule has 1 rings (SSSR count). The molecule has 0 saturated carbocycles. The van der Waals surface area contributed by atoms with E-state index in [4.69, 9.17) is 22.4 Å². The van der Waals surface area contributed by atoms with Gasteiger partial charge in [0.25, 0.3) is 0 Å². The fraction of sp³-hybridized carbons (Fsp3) is 0.385. The number of carboxylic acid groups (broad SMARTS) is 1. The number of amides is 1. The number of rotatable bonds is 5. The Morgan fingerprint density at radius 1 is 1.42 bits per heavy atom. The van der Waals surface area contributed by atoms with E-state index in [1.165, 1.54) is 18.2 Å². The van der Waals surface area contributed by atoms with Crippen molar-refractivity contribution >= 4 is 29.2 Å². The first-order chi connectivity index (χ1) is 8.69. The highest BCUT2D eigenvalue weighted by atomic mass is 35.5. The minimum absolute atomic E-state index is 0.00441. The zero-order chi connectivity index (χ0) is 14.6. The lowest BCUT2D eigenvalue weighted by atomic mass is 10.00. The molecule has 0 atom stereocenters. The van der Waals surface area contributed by atoms with Crippen LogP contribution in [0, 0.1) is 0 Å². The summed E-state index contributed by atoms with van der Waals surface area (Å²) in [7, 11) is 0. The number of halogens is 1. The maximum atomic E-state index is 11.7. The topological polar surface area (TPSA) is 92.4 Å². The van der Waals surface area contributed by atoms with E-state index < -0.39 is 11.5 Å². The fourth-order valence-corrected chi connectivity index (χ4v) is 1.63. The van der Waals surface area contributed by atoms with Crippen LogP contribution in [0.5, 0.6) is 0 Å². The molecule has 1 aromatic rings. The first-order valence-electron chi connectivity index (χ1n) is 5.80. The smallest absolute Gasteiger partial charge is 0.337 e. The molecule has 0 radical (unpaired) electrons. The zero-order valence-electron chi connectivity index (χ0n) is 10.9. The van der Waals surface area contributed by atoms with Crippen molar-refractivity contribution in [1.29, 1.82) is 0 Å². The van der Waals surface area contributed by atoms with E-state index in [9.17, 15) is 9.59 Å². The van der Waals surface area contributed by atoms with Gasteiger partial charge >= 0.3 is 5.97 Å². The lowest BCUT2D eigenvalue weighted by molar-refractivity contribution is -0.116. The van der Waals surface area contributed by atoms with E-state index in [0.29, 0.717) is 11.4 Å². The van der Waals surface area contributed by atoms with Gasteiger partial charge in [-0.05, 0) is 38.5 Å². The van der Waals surface area contributed by atoms with Gasteiger partial charge in [0.05, 0.1) is 11.3 Å². The molecule has 0 heterocycles. The molecule has 0 spiro atoms. The maximum Gasteiger partial charge on any atom is 0.337 e. The van der Waals surface area contributed by atoms with E-state index in [1.807, 2.05) is 13.8 Å². The standard InChI is InChI=1S/C13H17ClN2O3/c1-13(2,15)6-5-11(17)16-10-7-8(14)3-4-9(10)12(18)19/h3-4,7H,5-6,15H2,1-2H3,(H,16,17)(H,18,19). The van der Waals surface area contributed by atoms with Gasteiger partial charge in [0.1, 0.15) is 0 Å². The van der Waals surface area contributed by atoms with Gasteiger partial charge in [-0.15, -0.1) is 0 Å². The Kier molecular flexibility index (Phi) is 4.91. The highest BCUT2D eigenvalue weighted by Crippen LogP contribution is 2.21. The Balaban J connectivity index is 2.78. The highest BCUT2D eigenvalue weighted by Gasteiger charge is 2.16. The molecule has 0 fully saturated rings. The number of carboxylic acids is 1. The molecular formula is C13H17ClN2O3. The average molecular weight is 285 g/mol. The molecule has 0 bridgehead atoms. The molecule has 4 N–H and O–H groups in total. The number of nitrogens with one attached hydrogen (secondary N) is 1. The second-order valence-electron chi connectivity index (χ2n) is 5.03. The summed E-state index contributed by atoms with van der Waals surface area (Å²) in [6, 6.07) is 4.23. The van der Waals surface area contributed by atoms with Crippen LogP contribution in [0.15, 0.2) is 18.2 Å². The molecule has 1 aromatic carbocycles. The van der Waals surface area contributed by atoms with Crippen molar-refractivity contribution in [2.45, 2.75) is 32.2 Å². The number of carbonyl (C=O) groups excluding carboxylic acids is 1. The molecular weight excluding hydrogens is 268 g/mol. The lowest BCUT2D eigenvalue weighted by Crippen LogP contribution is -2.33. The third-order valence-corrected chi connectivity index (χ3v) is 2.72. The van der Waals surface area contributed by atoms with Gasteiger partial charge in [0.2, 0.25) is 5.91 Å². The summed E-state index contributed by atoms with van der Waals surface area (Å²) in [6.07, 6.45) is 0.719. The van der Waals surface area contributed by atoms with Gasteiger partial charge in [-0.3, -0.25) is 4.79 Å². The third-order valence-electron chi connectivity index (χ3n) is 2.48. The van der Waals surface area contributed by atoms with E-state index >= 15 is 0 Å². The van der Waals surface area contributed by atoms with Crippen LogP contribution in [-0.2, 0) is 4.79 Å². The van der Waals surface area contributed by atoms with Crippen molar-refractivity contribution in [2.75, 3.05) is 5.32 Å². The molecule has 0 aliphatic heterocycles. The van der Waals surface area contributed by atoms with Crippen LogP contribution >= 0.6 is 11.6 Å². The van der Waals surface area contributed by atoms with E-state index in [0.717, 1.165) is 0 Å². The van der Waals surface area contributed by atoms with Crippen LogP contribution in [0.2, 0.25) is 5.02 Å². The van der Waals surface area contributed by atoms with E-state index in [-0.39, 0.29) is 23.6 Å². The maximum absolute atomic E-state index is 11.7. The Bertz CT molecular complexity index is 495. The van der Waals surface area contributed by atoms with Crippen LogP contribution in [-0.4, -0.2) is 22.5 Å². The fourth-order valence-electron chi connectivity index (χ4n) is 1.45. The Labute approximate surface area is 116 Å². The van der Waals surface area contributed by atoms with Crippen LogP contribution in [0.25, 0.3) is 0 Å². The van der Waals surface area contributed by atoms with Crippen LogP contribution in [0.1, 0.15) is 37.0 Å². The molecule has 0 saturated heterocycles. The molecule has 19 heavy (non-hydrogen) atoms. The van der Waals surface area contributed by atoms with Gasteiger partial charge in [-0.25, -0.2) is 4.79 Å². The van der Waals surface area contributed by atoms with Gasteiger partial charge in [-0.1, -0.05) is 11.6 Å². The van der Waals surface area contributed by atoms with Crippen molar-refractivity contribution in [3.05, 3.63) is 28.8 Å². The zero-order valence-corrected chi connectivity index (χ0v) is 11.6. The van der Waals surface area contributed by atoms with E-state index in [2.05, 4.69) is 5.32 Å². The molecule has 0 unspecified atom stereocenters. The largest absolute Gasteiger partial charge is 0.478 e. The molecule has 0 aliphatic carbocycles. The summed E-state index contributed by atoms with van der Waals surface area (Å²) >= 11 is 5.79. The molecule has 0 aromatic heterocycles. The number of carbonyl (C=O) groups is 2. The molecule has 0 aliphatic rings. The number of hydrogen-bond acceptors (Lipinski definition) is 3. The SMILES string of the molecule is CC(C)(N)CCC(=O)Nc1cc(Cl)ccc1C(=O)O. The van der Waals surface area contributed by atoms with Crippen molar-refractivity contribution < 1.29 is 14.7 Å². The quantitative estimate of drug-likeness (QED) is 0.774. The number of nitrogens with two attached hydrogens (primary N) is 1. The third kappa shape index (κ3) is 5.28. The van der Waals surface area contributed by atoms with Gasteiger partial charge in [-0.2, -0.15) is 0 Å². The summed E-state index contributed by atoms with van der Waals surface area (Å²) < 4.78 is 0. The van der Waals surface area contributed by atoms with Crippen molar-refractivity contribution in [3.8, 4) is 0 Å². The molecule has 104 valence electrons. The van der Waals surface area contributed by atoms with Crippen LogP contribution in [0.4, 0.5) is 5.69 Å². The van der Waals surface area contributed by atoms with Crippen molar-refractivity contribution in [1.82, 2.24) is 0 Å². The van der Waals surface area contributed by atoms with Crippen LogP contribution < -0.4 is 11.1 Å². The minimum Gasteiger partial charge on any atom is -0.478 e. The first-order valence-corrected chi connectivity index (χ1v) is 6.18. The molecule has 1 amide bonds. The number of anilines is 1. The van der Waals surface area contributed by atoms with Crippen molar-refractivity contribution in [3.63, 3.8) is 0 Å². The second kappa shape index (κ2) is 6.04. The predicted octanol–water partition coefficient (Wildman–Crippen LogP) is 2.49. The highest BCUT2D eigenvalue weighted by molar-refractivity contribution is 6.31. The number of hydrogen-bond donors (Lipinski definition) is 3. The first kappa shape index (κ1) is 15.5. The average Bonchev–Trinajstić information content (AvgIpc) is 2.25. The summed E-state index contributed by atoms with van der Waals surface area (Å²) in [5, 5.41) is 11.9. The van der Waals surface area contributed by atoms with Gasteiger partial charge < -0.3 is 16.2 Å². The monoisotopic (exact) mass is 284 g/mol. The summed E-state index contributed by atoms with van der Waals surface area (Å²) in [4.78, 5) is 22.8. The summed E-state index contributed by atoms with van der Waals surface area (Å²) in [5.74, 6) is -1.41. The van der Waals surface area contributed by atoms with E-state index in [1.54, 1.807) is 0 Å². The Morgan fingerprint density at radius 2 is 2.05 bits per heavy atom.